The Hall–Kier alpha value is -2.81. The minimum atomic E-state index is -0.489. The molecule has 166 valence electrons. The summed E-state index contributed by atoms with van der Waals surface area (Å²) in [4.78, 5) is 29.2. The Bertz CT molecular complexity index is 1100. The normalized spacial score (nSPS) is 13.4. The highest BCUT2D eigenvalue weighted by atomic mass is 32.2. The van der Waals surface area contributed by atoms with Gasteiger partial charge in [0.15, 0.2) is 0 Å². The van der Waals surface area contributed by atoms with E-state index in [1.54, 1.807) is 7.11 Å². The molecule has 2 aromatic carbocycles. The van der Waals surface area contributed by atoms with E-state index in [9.17, 15) is 9.59 Å². The van der Waals surface area contributed by atoms with Gasteiger partial charge in [-0.15, -0.1) is 23.1 Å². The van der Waals surface area contributed by atoms with Crippen LogP contribution in [0.3, 0.4) is 0 Å². The summed E-state index contributed by atoms with van der Waals surface area (Å²) in [5, 5.41) is 3.48. The Kier molecular flexibility index (Phi) is 7.14. The molecule has 1 aliphatic rings. The third kappa shape index (κ3) is 5.32. The Morgan fingerprint density at radius 2 is 1.91 bits per heavy atom. The predicted molar refractivity (Wildman–Crippen MR) is 129 cm³/mol. The molecule has 0 spiro atoms. The van der Waals surface area contributed by atoms with Gasteiger partial charge in [0.05, 0.1) is 18.4 Å². The van der Waals surface area contributed by atoms with Gasteiger partial charge < -0.3 is 15.8 Å². The highest BCUT2D eigenvalue weighted by Crippen LogP contribution is 2.37. The number of methoxy groups -OCH3 is 1. The van der Waals surface area contributed by atoms with E-state index in [1.165, 1.54) is 28.7 Å². The lowest BCUT2D eigenvalue weighted by atomic mass is 10.0. The predicted octanol–water partition coefficient (Wildman–Crippen LogP) is 4.14. The van der Waals surface area contributed by atoms with E-state index in [1.807, 2.05) is 42.5 Å². The second-order valence-corrected chi connectivity index (χ2v) is 9.68. The molecule has 32 heavy (non-hydrogen) atoms. The summed E-state index contributed by atoms with van der Waals surface area (Å²) in [6.45, 7) is 2.44. The molecule has 4 rings (SSSR count). The summed E-state index contributed by atoms with van der Waals surface area (Å²) in [6.07, 6.45) is 0.743. The molecule has 0 aliphatic carbocycles. The molecule has 0 unspecified atom stereocenters. The van der Waals surface area contributed by atoms with Crippen LogP contribution in [0.1, 0.15) is 26.4 Å². The number of nitrogens with one attached hydrogen (secondary N) is 1. The molecule has 2 amide bonds. The minimum Gasteiger partial charge on any atom is -0.497 e. The first-order chi connectivity index (χ1) is 15.5. The van der Waals surface area contributed by atoms with Crippen LogP contribution in [-0.4, -0.2) is 36.1 Å². The number of nitrogens with two attached hydrogens (primary N) is 1. The van der Waals surface area contributed by atoms with Crippen LogP contribution in [0.15, 0.2) is 59.5 Å². The molecular weight excluding hydrogens is 442 g/mol. The number of rotatable bonds is 8. The van der Waals surface area contributed by atoms with Crippen molar-refractivity contribution in [3.8, 4) is 5.75 Å². The van der Waals surface area contributed by atoms with Gasteiger partial charge in [-0.2, -0.15) is 0 Å². The lowest BCUT2D eigenvalue weighted by Crippen LogP contribution is -2.30. The second-order valence-electron chi connectivity index (χ2n) is 7.53. The Balaban J connectivity index is 1.42. The van der Waals surface area contributed by atoms with E-state index in [0.29, 0.717) is 10.6 Å². The number of amides is 2. The van der Waals surface area contributed by atoms with Gasteiger partial charge in [-0.05, 0) is 41.8 Å². The highest BCUT2D eigenvalue weighted by molar-refractivity contribution is 8.00. The quantitative estimate of drug-likeness (QED) is 0.486. The van der Waals surface area contributed by atoms with E-state index in [2.05, 4.69) is 22.3 Å². The van der Waals surface area contributed by atoms with Crippen molar-refractivity contribution in [3.05, 3.63) is 76.2 Å². The molecule has 8 heteroatoms. The molecule has 2 heterocycles. The van der Waals surface area contributed by atoms with Crippen LogP contribution < -0.4 is 15.8 Å². The van der Waals surface area contributed by atoms with Crippen LogP contribution >= 0.6 is 23.1 Å². The number of carbonyl (C=O) groups excluding carboxylic acids is 2. The number of hydrogen-bond acceptors (Lipinski definition) is 6. The molecule has 6 nitrogen and oxygen atoms in total. The van der Waals surface area contributed by atoms with Gasteiger partial charge in [0.25, 0.3) is 5.91 Å². The number of carbonyl (C=O) groups is 2. The van der Waals surface area contributed by atoms with Gasteiger partial charge in [-0.3, -0.25) is 14.5 Å². The standard InChI is InChI=1S/C24H25N3O3S2/c1-30-17-7-9-18(10-8-17)31-15-21(28)26-24-22(23(25)29)19-11-12-27(14-20(19)32-24)13-16-5-3-2-4-6-16/h2-10H,11-15H2,1H3,(H2,25,29)(H,26,28). The van der Waals surface area contributed by atoms with Crippen LogP contribution in [0.5, 0.6) is 5.75 Å². The molecule has 3 N–H and O–H groups in total. The van der Waals surface area contributed by atoms with Crippen LogP contribution in [0, 0.1) is 0 Å². The zero-order chi connectivity index (χ0) is 22.5. The number of thiophene rings is 1. The van der Waals surface area contributed by atoms with Crippen molar-refractivity contribution in [2.45, 2.75) is 24.4 Å². The number of ether oxygens (including phenoxy) is 1. The lowest BCUT2D eigenvalue weighted by Gasteiger charge is -2.27. The number of fused-ring (bicyclic) bond motifs is 1. The van der Waals surface area contributed by atoms with Crippen molar-refractivity contribution in [1.29, 1.82) is 0 Å². The van der Waals surface area contributed by atoms with E-state index in [4.69, 9.17) is 10.5 Å². The monoisotopic (exact) mass is 467 g/mol. The van der Waals surface area contributed by atoms with Crippen molar-refractivity contribution >= 4 is 39.9 Å². The first-order valence-corrected chi connectivity index (χ1v) is 12.1. The van der Waals surface area contributed by atoms with E-state index < -0.39 is 5.91 Å². The van der Waals surface area contributed by atoms with Crippen molar-refractivity contribution in [2.75, 3.05) is 24.7 Å². The fourth-order valence-corrected chi connectivity index (χ4v) is 5.78. The second kappa shape index (κ2) is 10.2. The maximum Gasteiger partial charge on any atom is 0.251 e. The number of benzene rings is 2. The fraction of sp³-hybridized carbons (Fsp3) is 0.250. The van der Waals surface area contributed by atoms with Crippen LogP contribution in [0.2, 0.25) is 0 Å². The van der Waals surface area contributed by atoms with E-state index >= 15 is 0 Å². The molecule has 3 aromatic rings. The Morgan fingerprint density at radius 1 is 1.16 bits per heavy atom. The largest absolute Gasteiger partial charge is 0.497 e. The molecule has 0 bridgehead atoms. The number of primary amides is 1. The molecular formula is C24H25N3O3S2. The molecule has 0 radical (unpaired) electrons. The minimum absolute atomic E-state index is 0.159. The van der Waals surface area contributed by atoms with Crippen LogP contribution in [0.25, 0.3) is 0 Å². The average Bonchev–Trinajstić information content (AvgIpc) is 3.16. The lowest BCUT2D eigenvalue weighted by molar-refractivity contribution is -0.113. The number of hydrogen-bond donors (Lipinski definition) is 2. The van der Waals surface area contributed by atoms with Crippen LogP contribution in [-0.2, 0) is 24.3 Å². The van der Waals surface area contributed by atoms with Gasteiger partial charge in [-0.25, -0.2) is 0 Å². The molecule has 0 atom stereocenters. The Labute approximate surface area is 195 Å². The molecule has 0 saturated carbocycles. The summed E-state index contributed by atoms with van der Waals surface area (Å²) in [6, 6.07) is 17.9. The zero-order valence-corrected chi connectivity index (χ0v) is 19.4. The number of anilines is 1. The fourth-order valence-electron chi connectivity index (χ4n) is 3.77. The van der Waals surface area contributed by atoms with Gasteiger partial charge in [-0.1, -0.05) is 30.3 Å². The van der Waals surface area contributed by atoms with Crippen molar-refractivity contribution in [1.82, 2.24) is 4.90 Å². The van der Waals surface area contributed by atoms with Gasteiger partial charge in [0, 0.05) is 29.4 Å². The van der Waals surface area contributed by atoms with Crippen molar-refractivity contribution in [3.63, 3.8) is 0 Å². The number of thioether (sulfide) groups is 1. The maximum atomic E-state index is 12.6. The topological polar surface area (TPSA) is 84.7 Å². The van der Waals surface area contributed by atoms with Crippen LogP contribution in [0.4, 0.5) is 5.00 Å². The summed E-state index contributed by atoms with van der Waals surface area (Å²) < 4.78 is 5.16. The zero-order valence-electron chi connectivity index (χ0n) is 17.8. The van der Waals surface area contributed by atoms with E-state index in [-0.39, 0.29) is 11.7 Å². The molecule has 0 saturated heterocycles. The summed E-state index contributed by atoms with van der Waals surface area (Å²) >= 11 is 2.89. The SMILES string of the molecule is COc1ccc(SCC(=O)Nc2sc3c(c2C(N)=O)CCN(Cc2ccccc2)C3)cc1. The molecule has 1 aromatic heterocycles. The molecule has 0 fully saturated rings. The smallest absolute Gasteiger partial charge is 0.251 e. The highest BCUT2D eigenvalue weighted by Gasteiger charge is 2.27. The first kappa shape index (κ1) is 22.4. The van der Waals surface area contributed by atoms with Gasteiger partial charge in [0.2, 0.25) is 5.91 Å². The number of nitrogens with zero attached hydrogens (tertiary/aromatic N) is 1. The van der Waals surface area contributed by atoms with E-state index in [0.717, 1.165) is 47.1 Å². The van der Waals surface area contributed by atoms with Gasteiger partial charge >= 0.3 is 0 Å². The summed E-state index contributed by atoms with van der Waals surface area (Å²) in [5.74, 6) is 0.369. The van der Waals surface area contributed by atoms with Crippen molar-refractivity contribution in [2.24, 2.45) is 5.73 Å². The van der Waals surface area contributed by atoms with Crippen molar-refractivity contribution < 1.29 is 14.3 Å². The third-order valence-corrected chi connectivity index (χ3v) is 7.46. The summed E-state index contributed by atoms with van der Waals surface area (Å²) in [5.41, 5.74) is 8.39. The third-order valence-electron chi connectivity index (χ3n) is 5.31. The summed E-state index contributed by atoms with van der Waals surface area (Å²) in [7, 11) is 1.62. The molecule has 1 aliphatic heterocycles. The average molecular weight is 468 g/mol. The maximum absolute atomic E-state index is 12.6. The first-order valence-electron chi connectivity index (χ1n) is 10.3. The van der Waals surface area contributed by atoms with Gasteiger partial charge in [0.1, 0.15) is 10.8 Å². The Morgan fingerprint density at radius 3 is 2.59 bits per heavy atom.